The van der Waals surface area contributed by atoms with Gasteiger partial charge in [-0.2, -0.15) is 0 Å². The Balaban J connectivity index is 1.92. The predicted molar refractivity (Wildman–Crippen MR) is 70.3 cm³/mol. The summed E-state index contributed by atoms with van der Waals surface area (Å²) >= 11 is 0. The number of aryl methyl sites for hydroxylation is 1. The van der Waals surface area contributed by atoms with Crippen LogP contribution in [0.25, 0.3) is 0 Å². The molecule has 1 aliphatic heterocycles. The molecule has 0 amide bonds. The third-order valence-electron chi connectivity index (χ3n) is 3.20. The smallest absolute Gasteiger partial charge is 0.179 e. The van der Waals surface area contributed by atoms with Crippen LogP contribution in [0.15, 0.2) is 30.5 Å². The minimum Gasteiger partial charge on any atom is -0.344 e. The van der Waals surface area contributed by atoms with E-state index in [1.54, 1.807) is 12.3 Å². The van der Waals surface area contributed by atoms with E-state index in [1.165, 1.54) is 12.1 Å². The van der Waals surface area contributed by atoms with E-state index in [0.717, 1.165) is 19.0 Å². The number of carbonyl (C=O) groups is 1. The van der Waals surface area contributed by atoms with Crippen LogP contribution in [0.3, 0.4) is 0 Å². The summed E-state index contributed by atoms with van der Waals surface area (Å²) in [6, 6.07) is 4.89. The zero-order valence-electron chi connectivity index (χ0n) is 10.6. The number of halogens is 2. The molecule has 20 heavy (non-hydrogen) atoms. The van der Waals surface area contributed by atoms with Crippen molar-refractivity contribution in [1.82, 2.24) is 4.57 Å². The van der Waals surface area contributed by atoms with Crippen LogP contribution in [0.1, 0.15) is 34.5 Å². The second-order valence-corrected chi connectivity index (χ2v) is 4.74. The molecule has 0 saturated heterocycles. The lowest BCUT2D eigenvalue weighted by atomic mass is 10.1. The normalized spacial score (nSPS) is 13.6. The van der Waals surface area contributed by atoms with Crippen molar-refractivity contribution in [2.75, 3.05) is 0 Å². The third kappa shape index (κ3) is 2.48. The molecule has 1 aliphatic rings. The lowest BCUT2D eigenvalue weighted by Crippen LogP contribution is -2.14. The molecule has 0 unspecified atom stereocenters. The summed E-state index contributed by atoms with van der Waals surface area (Å²) in [6.45, 7) is 0.803. The maximum absolute atomic E-state index is 13.0. The Morgan fingerprint density at radius 3 is 2.40 bits per heavy atom. The zero-order chi connectivity index (χ0) is 14.1. The van der Waals surface area contributed by atoms with Gasteiger partial charge in [-0.25, -0.2) is 8.78 Å². The van der Waals surface area contributed by atoms with Crippen molar-refractivity contribution in [2.24, 2.45) is 0 Å². The largest absolute Gasteiger partial charge is 0.344 e. The number of benzene rings is 1. The Hall–Kier alpha value is -2.41. The van der Waals surface area contributed by atoms with Crippen LogP contribution in [-0.2, 0) is 6.54 Å². The SMILES string of the molecule is O=C1CCCn2cc(C#Cc3cc(F)cc(F)c3)cc21. The molecular weight excluding hydrogens is 260 g/mol. The van der Waals surface area contributed by atoms with Gasteiger partial charge in [0.1, 0.15) is 11.6 Å². The number of hydrogen-bond acceptors (Lipinski definition) is 1. The van der Waals surface area contributed by atoms with Gasteiger partial charge in [-0.3, -0.25) is 4.79 Å². The van der Waals surface area contributed by atoms with E-state index < -0.39 is 11.6 Å². The van der Waals surface area contributed by atoms with Crippen LogP contribution in [0.4, 0.5) is 8.78 Å². The molecular formula is C16H11F2NO. The molecule has 1 aromatic carbocycles. The van der Waals surface area contributed by atoms with E-state index in [1.807, 2.05) is 4.57 Å². The minimum absolute atomic E-state index is 0.112. The molecule has 0 fully saturated rings. The maximum atomic E-state index is 13.0. The first-order valence-electron chi connectivity index (χ1n) is 6.33. The number of carbonyl (C=O) groups excluding carboxylic acids is 1. The Kier molecular flexibility index (Phi) is 3.11. The predicted octanol–water partition coefficient (Wildman–Crippen LogP) is 3.14. The maximum Gasteiger partial charge on any atom is 0.179 e. The van der Waals surface area contributed by atoms with Gasteiger partial charge in [0.15, 0.2) is 5.78 Å². The van der Waals surface area contributed by atoms with Crippen LogP contribution < -0.4 is 0 Å². The van der Waals surface area contributed by atoms with E-state index in [-0.39, 0.29) is 11.3 Å². The summed E-state index contributed by atoms with van der Waals surface area (Å²) in [5, 5.41) is 0. The minimum atomic E-state index is -0.652. The number of rotatable bonds is 0. The number of fused-ring (bicyclic) bond motifs is 1. The quantitative estimate of drug-likeness (QED) is 0.675. The fourth-order valence-electron chi connectivity index (χ4n) is 2.31. The van der Waals surface area contributed by atoms with Crippen LogP contribution >= 0.6 is 0 Å². The molecule has 0 atom stereocenters. The Morgan fingerprint density at radius 1 is 1.00 bits per heavy atom. The molecule has 4 heteroatoms. The highest BCUT2D eigenvalue weighted by atomic mass is 19.1. The average Bonchev–Trinajstić information content (AvgIpc) is 2.80. The monoisotopic (exact) mass is 271 g/mol. The van der Waals surface area contributed by atoms with Gasteiger partial charge >= 0.3 is 0 Å². The van der Waals surface area contributed by atoms with Crippen molar-refractivity contribution in [1.29, 1.82) is 0 Å². The van der Waals surface area contributed by atoms with Gasteiger partial charge < -0.3 is 4.57 Å². The Labute approximate surface area is 115 Å². The molecule has 0 bridgehead atoms. The van der Waals surface area contributed by atoms with Gasteiger partial charge in [0.25, 0.3) is 0 Å². The van der Waals surface area contributed by atoms with Crippen molar-refractivity contribution in [3.05, 3.63) is 58.9 Å². The summed E-state index contributed by atoms with van der Waals surface area (Å²) in [7, 11) is 0. The molecule has 100 valence electrons. The fourth-order valence-corrected chi connectivity index (χ4v) is 2.31. The van der Waals surface area contributed by atoms with Crippen molar-refractivity contribution in [2.45, 2.75) is 19.4 Å². The van der Waals surface area contributed by atoms with Crippen LogP contribution in [-0.4, -0.2) is 10.4 Å². The average molecular weight is 271 g/mol. The fraction of sp³-hybridized carbons (Fsp3) is 0.188. The molecule has 0 radical (unpaired) electrons. The lowest BCUT2D eigenvalue weighted by Gasteiger charge is -2.12. The Bertz CT molecular complexity index is 729. The third-order valence-corrected chi connectivity index (χ3v) is 3.20. The highest BCUT2D eigenvalue weighted by molar-refractivity contribution is 5.95. The summed E-state index contributed by atoms with van der Waals surface area (Å²) < 4.78 is 27.9. The second kappa shape index (κ2) is 4.93. The molecule has 1 aromatic heterocycles. The molecule has 3 rings (SSSR count). The second-order valence-electron chi connectivity index (χ2n) is 4.74. The zero-order valence-corrected chi connectivity index (χ0v) is 10.6. The van der Waals surface area contributed by atoms with Gasteiger partial charge in [-0.05, 0) is 24.6 Å². The topological polar surface area (TPSA) is 22.0 Å². The molecule has 2 heterocycles. The van der Waals surface area contributed by atoms with Gasteiger partial charge in [-0.15, -0.1) is 0 Å². The number of aromatic nitrogens is 1. The molecule has 0 N–H and O–H groups in total. The summed E-state index contributed by atoms with van der Waals surface area (Å²) in [5.41, 5.74) is 1.61. The van der Waals surface area contributed by atoms with Crippen molar-refractivity contribution < 1.29 is 13.6 Å². The van der Waals surface area contributed by atoms with Gasteiger partial charge in [0.05, 0.1) is 5.69 Å². The van der Waals surface area contributed by atoms with Gasteiger partial charge in [0.2, 0.25) is 0 Å². The first-order chi connectivity index (χ1) is 9.61. The van der Waals surface area contributed by atoms with Crippen molar-refractivity contribution >= 4 is 5.78 Å². The molecule has 2 nitrogen and oxygen atoms in total. The molecule has 2 aromatic rings. The highest BCUT2D eigenvalue weighted by Gasteiger charge is 2.17. The van der Waals surface area contributed by atoms with Crippen LogP contribution in [0.2, 0.25) is 0 Å². The molecule has 0 aliphatic carbocycles. The number of ketones is 1. The van der Waals surface area contributed by atoms with Gasteiger partial charge in [-0.1, -0.05) is 11.8 Å². The van der Waals surface area contributed by atoms with Crippen LogP contribution in [0.5, 0.6) is 0 Å². The van der Waals surface area contributed by atoms with E-state index in [0.29, 0.717) is 17.7 Å². The molecule has 0 saturated carbocycles. The van der Waals surface area contributed by atoms with Crippen LogP contribution in [0, 0.1) is 23.5 Å². The number of hydrogen-bond donors (Lipinski definition) is 0. The summed E-state index contributed by atoms with van der Waals surface area (Å²) in [6.07, 6.45) is 3.20. The van der Waals surface area contributed by atoms with E-state index >= 15 is 0 Å². The van der Waals surface area contributed by atoms with E-state index in [2.05, 4.69) is 11.8 Å². The lowest BCUT2D eigenvalue weighted by molar-refractivity contribution is 0.0955. The highest BCUT2D eigenvalue weighted by Crippen LogP contribution is 2.17. The standard InChI is InChI=1S/C16H11F2NO/c17-13-6-11(7-14(18)9-13)3-4-12-8-15-16(20)2-1-5-19(15)10-12/h6-10H,1-2,5H2. The first kappa shape index (κ1) is 12.6. The Morgan fingerprint density at radius 2 is 1.70 bits per heavy atom. The number of Topliss-reactive ketones (excluding diaryl/α,β-unsaturated/α-hetero) is 1. The number of nitrogens with zero attached hydrogens (tertiary/aromatic N) is 1. The van der Waals surface area contributed by atoms with Crippen molar-refractivity contribution in [3.63, 3.8) is 0 Å². The first-order valence-corrected chi connectivity index (χ1v) is 6.33. The van der Waals surface area contributed by atoms with Crippen molar-refractivity contribution in [3.8, 4) is 11.8 Å². The summed E-state index contributed by atoms with van der Waals surface area (Å²) in [5.74, 6) is 4.36. The summed E-state index contributed by atoms with van der Waals surface area (Å²) in [4.78, 5) is 11.7. The molecule has 0 spiro atoms. The van der Waals surface area contributed by atoms with E-state index in [4.69, 9.17) is 0 Å². The van der Waals surface area contributed by atoms with E-state index in [9.17, 15) is 13.6 Å². The van der Waals surface area contributed by atoms with Gasteiger partial charge in [0, 0.05) is 36.4 Å².